The highest BCUT2D eigenvalue weighted by Crippen LogP contribution is 2.46. The Labute approximate surface area is 165 Å². The van der Waals surface area contributed by atoms with Gasteiger partial charge >= 0.3 is 11.9 Å². The maximum absolute atomic E-state index is 12.2. The summed E-state index contributed by atoms with van der Waals surface area (Å²) in [6.45, 7) is 3.69. The predicted octanol–water partition coefficient (Wildman–Crippen LogP) is 1.59. The van der Waals surface area contributed by atoms with Crippen LogP contribution in [0, 0.1) is 0 Å². The maximum Gasteiger partial charge on any atom is 0.306 e. The highest BCUT2D eigenvalue weighted by molar-refractivity contribution is 5.70. The number of hydrogen-bond donors (Lipinski definition) is 2. The molecule has 8 nitrogen and oxygen atoms in total. The Kier molecular flexibility index (Phi) is 6.96. The van der Waals surface area contributed by atoms with E-state index in [0.717, 1.165) is 19.3 Å². The number of fused-ring (bicyclic) bond motifs is 1. The number of rotatable bonds is 6. The van der Waals surface area contributed by atoms with Gasteiger partial charge in [0.1, 0.15) is 24.4 Å². The third-order valence-corrected chi connectivity index (χ3v) is 5.75. The number of esters is 2. The summed E-state index contributed by atoms with van der Waals surface area (Å²) in [7, 11) is 0. The normalized spacial score (nSPS) is 36.7. The highest BCUT2D eigenvalue weighted by atomic mass is 16.8. The molecular formula is C20H32O8. The van der Waals surface area contributed by atoms with Crippen LogP contribution < -0.4 is 0 Å². The summed E-state index contributed by atoms with van der Waals surface area (Å²) in [6, 6.07) is 0. The summed E-state index contributed by atoms with van der Waals surface area (Å²) in [5.41, 5.74) is 0. The lowest BCUT2D eigenvalue weighted by Gasteiger charge is -2.42. The number of ether oxygens (including phenoxy) is 4. The van der Waals surface area contributed by atoms with Gasteiger partial charge in [0.05, 0.1) is 0 Å². The lowest BCUT2D eigenvalue weighted by molar-refractivity contribution is -0.222. The molecule has 2 saturated carbocycles. The van der Waals surface area contributed by atoms with Crippen molar-refractivity contribution in [1.82, 2.24) is 0 Å². The standard InChI is InChI=1S/C20H32O8/c1-3-8-12(21)25-16-14(23)15(24)17-19(18(16)26-13(22)9-4-2)28-20(27-17)10-6-5-7-11-20/h14-19,23-24H,3-11H2,1-2H3/t14-,15-,16+,17-,18-,19-/m1/s1. The van der Waals surface area contributed by atoms with Crippen LogP contribution >= 0.6 is 0 Å². The fourth-order valence-electron chi connectivity index (χ4n) is 4.37. The minimum absolute atomic E-state index is 0.171. The first kappa shape index (κ1) is 21.5. The molecule has 160 valence electrons. The molecule has 8 heteroatoms. The van der Waals surface area contributed by atoms with E-state index in [1.165, 1.54) is 0 Å². The Hall–Kier alpha value is -1.22. The van der Waals surface area contributed by atoms with Crippen LogP contribution in [0.5, 0.6) is 0 Å². The van der Waals surface area contributed by atoms with Crippen molar-refractivity contribution in [1.29, 1.82) is 0 Å². The molecule has 3 aliphatic rings. The zero-order valence-corrected chi connectivity index (χ0v) is 16.7. The largest absolute Gasteiger partial charge is 0.455 e. The molecular weight excluding hydrogens is 368 g/mol. The van der Waals surface area contributed by atoms with Crippen LogP contribution in [0.2, 0.25) is 0 Å². The van der Waals surface area contributed by atoms with Gasteiger partial charge in [-0.2, -0.15) is 0 Å². The first-order chi connectivity index (χ1) is 13.4. The van der Waals surface area contributed by atoms with Crippen molar-refractivity contribution in [3.8, 4) is 0 Å². The molecule has 0 radical (unpaired) electrons. The van der Waals surface area contributed by atoms with E-state index >= 15 is 0 Å². The molecule has 0 aromatic rings. The molecule has 0 aromatic carbocycles. The van der Waals surface area contributed by atoms with E-state index in [1.54, 1.807) is 0 Å². The molecule has 2 aliphatic carbocycles. The van der Waals surface area contributed by atoms with Gasteiger partial charge in [-0.1, -0.05) is 20.3 Å². The molecule has 1 heterocycles. The molecule has 1 spiro atoms. The topological polar surface area (TPSA) is 112 Å². The Bertz CT molecular complexity index is 558. The fraction of sp³-hybridized carbons (Fsp3) is 0.900. The van der Waals surface area contributed by atoms with Gasteiger partial charge in [-0.25, -0.2) is 0 Å². The van der Waals surface area contributed by atoms with Crippen molar-refractivity contribution >= 4 is 11.9 Å². The van der Waals surface area contributed by atoms with Gasteiger partial charge in [0.2, 0.25) is 0 Å². The van der Waals surface area contributed by atoms with Gasteiger partial charge in [-0.15, -0.1) is 0 Å². The Morgan fingerprint density at radius 1 is 0.857 bits per heavy atom. The van der Waals surface area contributed by atoms with Gasteiger partial charge in [0.15, 0.2) is 18.0 Å². The lowest BCUT2D eigenvalue weighted by atomic mass is 9.84. The minimum Gasteiger partial charge on any atom is -0.455 e. The first-order valence-corrected chi connectivity index (χ1v) is 10.5. The van der Waals surface area contributed by atoms with Crippen LogP contribution in [-0.4, -0.2) is 64.6 Å². The second-order valence-corrected chi connectivity index (χ2v) is 8.03. The summed E-state index contributed by atoms with van der Waals surface area (Å²) in [5, 5.41) is 21.3. The van der Waals surface area contributed by atoms with Crippen molar-refractivity contribution in [2.75, 3.05) is 0 Å². The van der Waals surface area contributed by atoms with E-state index < -0.39 is 54.3 Å². The molecule has 0 amide bonds. The second-order valence-electron chi connectivity index (χ2n) is 8.03. The third-order valence-electron chi connectivity index (χ3n) is 5.75. The van der Waals surface area contributed by atoms with Crippen molar-refractivity contribution in [2.24, 2.45) is 0 Å². The Morgan fingerprint density at radius 2 is 1.39 bits per heavy atom. The molecule has 2 N–H and O–H groups in total. The molecule has 0 aromatic heterocycles. The van der Waals surface area contributed by atoms with Crippen LogP contribution in [0.25, 0.3) is 0 Å². The van der Waals surface area contributed by atoms with Crippen LogP contribution in [0.1, 0.15) is 71.6 Å². The summed E-state index contributed by atoms with van der Waals surface area (Å²) >= 11 is 0. The van der Waals surface area contributed by atoms with Gasteiger partial charge in [-0.05, 0) is 25.7 Å². The van der Waals surface area contributed by atoms with Crippen LogP contribution in [0.15, 0.2) is 0 Å². The van der Waals surface area contributed by atoms with Gasteiger partial charge in [-0.3, -0.25) is 9.59 Å². The molecule has 0 bridgehead atoms. The van der Waals surface area contributed by atoms with Crippen LogP contribution in [0.3, 0.4) is 0 Å². The zero-order chi connectivity index (χ0) is 20.3. The molecule has 1 saturated heterocycles. The van der Waals surface area contributed by atoms with Crippen LogP contribution in [-0.2, 0) is 28.5 Å². The number of hydrogen-bond acceptors (Lipinski definition) is 8. The fourth-order valence-corrected chi connectivity index (χ4v) is 4.37. The molecule has 28 heavy (non-hydrogen) atoms. The monoisotopic (exact) mass is 400 g/mol. The summed E-state index contributed by atoms with van der Waals surface area (Å²) in [6.07, 6.45) is -0.701. The second kappa shape index (κ2) is 9.07. The van der Waals surface area contributed by atoms with E-state index in [-0.39, 0.29) is 12.8 Å². The molecule has 6 atom stereocenters. The molecule has 3 rings (SSSR count). The van der Waals surface area contributed by atoms with Crippen molar-refractivity contribution < 1.29 is 38.7 Å². The lowest BCUT2D eigenvalue weighted by Crippen LogP contribution is -2.64. The zero-order valence-electron chi connectivity index (χ0n) is 16.7. The quantitative estimate of drug-likeness (QED) is 0.647. The molecule has 0 unspecified atom stereocenters. The van der Waals surface area contributed by atoms with Crippen molar-refractivity contribution in [3.63, 3.8) is 0 Å². The number of aliphatic hydroxyl groups excluding tert-OH is 2. The number of carbonyl (C=O) groups is 2. The summed E-state index contributed by atoms with van der Waals surface area (Å²) < 4.78 is 23.3. The van der Waals surface area contributed by atoms with Gasteiger partial charge in [0, 0.05) is 25.7 Å². The molecule has 3 fully saturated rings. The summed E-state index contributed by atoms with van der Waals surface area (Å²) in [4.78, 5) is 24.3. The number of aliphatic hydroxyl groups is 2. The van der Waals surface area contributed by atoms with Gasteiger partial charge in [0.25, 0.3) is 0 Å². The Balaban J connectivity index is 1.85. The van der Waals surface area contributed by atoms with E-state index in [1.807, 2.05) is 13.8 Å². The van der Waals surface area contributed by atoms with Crippen molar-refractivity contribution in [2.45, 2.75) is 114 Å². The highest BCUT2D eigenvalue weighted by Gasteiger charge is 2.62. The average Bonchev–Trinajstić information content (AvgIpc) is 3.02. The third kappa shape index (κ3) is 4.35. The van der Waals surface area contributed by atoms with Crippen LogP contribution in [0.4, 0.5) is 0 Å². The first-order valence-electron chi connectivity index (χ1n) is 10.5. The maximum atomic E-state index is 12.2. The van der Waals surface area contributed by atoms with E-state index in [9.17, 15) is 19.8 Å². The van der Waals surface area contributed by atoms with Gasteiger partial charge < -0.3 is 29.2 Å². The molecule has 1 aliphatic heterocycles. The van der Waals surface area contributed by atoms with Crippen molar-refractivity contribution in [3.05, 3.63) is 0 Å². The SMILES string of the molecule is CCCC(=O)O[C@H]1[C@@H]2OC3(CCCCC3)O[C@@H]2[C@H](O)[C@@H](O)[C@@H]1OC(=O)CCC. The van der Waals surface area contributed by atoms with E-state index in [4.69, 9.17) is 18.9 Å². The minimum atomic E-state index is -1.43. The van der Waals surface area contributed by atoms with E-state index in [2.05, 4.69) is 0 Å². The smallest absolute Gasteiger partial charge is 0.306 e. The summed E-state index contributed by atoms with van der Waals surface area (Å²) in [5.74, 6) is -1.81. The average molecular weight is 400 g/mol. The number of carbonyl (C=O) groups excluding carboxylic acids is 2. The van der Waals surface area contributed by atoms with E-state index in [0.29, 0.717) is 25.7 Å². The Morgan fingerprint density at radius 3 is 1.96 bits per heavy atom. The predicted molar refractivity (Wildman–Crippen MR) is 97.2 cm³/mol.